The van der Waals surface area contributed by atoms with Crippen molar-refractivity contribution in [3.05, 3.63) is 39.4 Å². The summed E-state index contributed by atoms with van der Waals surface area (Å²) in [4.78, 5) is 17.9. The molecule has 1 aromatic heterocycles. The molecule has 0 amide bonds. The molecule has 0 aliphatic carbocycles. The molecule has 23 heavy (non-hydrogen) atoms. The number of nitrogens with one attached hydrogen (secondary N) is 1. The maximum Gasteiger partial charge on any atom is 0.419 e. The fourth-order valence-electron chi connectivity index (χ4n) is 1.82. The van der Waals surface area contributed by atoms with Gasteiger partial charge in [-0.25, -0.2) is 9.37 Å². The Bertz CT molecular complexity index is 871. The number of thioether (sulfide) groups is 1. The number of aromatic nitrogens is 2. The fourth-order valence-corrected chi connectivity index (χ4v) is 2.19. The quantitative estimate of drug-likeness (QED) is 0.496. The molecule has 120 valence electrons. The summed E-state index contributed by atoms with van der Waals surface area (Å²) < 4.78 is 51.8. The van der Waals surface area contributed by atoms with Gasteiger partial charge in [-0.05, 0) is 12.3 Å². The van der Waals surface area contributed by atoms with E-state index < -0.39 is 45.7 Å². The predicted molar refractivity (Wildman–Crippen MR) is 73.4 cm³/mol. The summed E-state index contributed by atoms with van der Waals surface area (Å²) in [7, 11) is 0. The summed E-state index contributed by atoms with van der Waals surface area (Å²) >= 11 is 0.976. The van der Waals surface area contributed by atoms with Crippen molar-refractivity contribution in [2.24, 2.45) is 0 Å². The number of phenols is 1. The smallest absolute Gasteiger partial charge is 0.419 e. The van der Waals surface area contributed by atoms with Crippen molar-refractivity contribution in [3.63, 3.8) is 0 Å². The number of nitrogens with zero attached hydrogens (tertiary/aromatic N) is 2. The largest absolute Gasteiger partial charge is 0.507 e. The molecular weight excluding hydrogens is 338 g/mol. The Morgan fingerprint density at radius 1 is 1.39 bits per heavy atom. The number of H-pyrrole nitrogens is 1. The zero-order chi connectivity index (χ0) is 17.4. The van der Waals surface area contributed by atoms with Crippen LogP contribution in [-0.2, 0) is 6.18 Å². The number of aromatic hydroxyl groups is 1. The molecule has 0 atom stereocenters. The van der Waals surface area contributed by atoms with Crippen molar-refractivity contribution < 1.29 is 22.7 Å². The van der Waals surface area contributed by atoms with Crippen LogP contribution in [0.15, 0.2) is 22.1 Å². The summed E-state index contributed by atoms with van der Waals surface area (Å²) in [6, 6.07) is 2.09. The minimum Gasteiger partial charge on any atom is -0.507 e. The number of alkyl halides is 3. The molecule has 0 aliphatic rings. The van der Waals surface area contributed by atoms with Crippen LogP contribution in [-0.4, -0.2) is 21.3 Å². The van der Waals surface area contributed by atoms with Gasteiger partial charge in [0.2, 0.25) is 0 Å². The van der Waals surface area contributed by atoms with E-state index in [4.69, 9.17) is 5.26 Å². The maximum absolute atomic E-state index is 13.4. The molecule has 0 spiro atoms. The number of hydrogen-bond donors (Lipinski definition) is 2. The van der Waals surface area contributed by atoms with Crippen molar-refractivity contribution in [3.8, 4) is 23.1 Å². The molecule has 1 aromatic carbocycles. The lowest BCUT2D eigenvalue weighted by atomic mass is 10.0. The molecule has 0 saturated heterocycles. The Balaban J connectivity index is 2.85. The van der Waals surface area contributed by atoms with Crippen molar-refractivity contribution in [2.75, 3.05) is 6.26 Å². The van der Waals surface area contributed by atoms with Crippen LogP contribution in [0, 0.1) is 17.1 Å². The topological polar surface area (TPSA) is 89.8 Å². The first-order chi connectivity index (χ1) is 10.7. The first-order valence-electron chi connectivity index (χ1n) is 5.87. The van der Waals surface area contributed by atoms with Gasteiger partial charge in [0.1, 0.15) is 28.9 Å². The number of benzene rings is 1. The van der Waals surface area contributed by atoms with E-state index in [2.05, 4.69) is 9.97 Å². The molecule has 0 aliphatic heterocycles. The summed E-state index contributed by atoms with van der Waals surface area (Å²) in [5, 5.41) is 18.8. The SMILES string of the molecule is CSc1nc(-c2cc(C(F)(F)F)c(F)cc2O)c(C#N)c(=O)[nH]1. The monoisotopic (exact) mass is 345 g/mol. The Labute approximate surface area is 130 Å². The lowest BCUT2D eigenvalue weighted by Gasteiger charge is -2.12. The number of aromatic amines is 1. The second-order valence-corrected chi connectivity index (χ2v) is 5.05. The van der Waals surface area contributed by atoms with Gasteiger partial charge in [-0.1, -0.05) is 11.8 Å². The molecule has 0 saturated carbocycles. The third kappa shape index (κ3) is 3.14. The molecule has 10 heteroatoms. The van der Waals surface area contributed by atoms with E-state index in [1.807, 2.05) is 0 Å². The van der Waals surface area contributed by atoms with E-state index >= 15 is 0 Å². The molecule has 2 N–H and O–H groups in total. The van der Waals surface area contributed by atoms with Gasteiger partial charge in [-0.3, -0.25) is 4.79 Å². The fraction of sp³-hybridized carbons (Fsp3) is 0.154. The normalized spacial score (nSPS) is 11.3. The van der Waals surface area contributed by atoms with Gasteiger partial charge in [0, 0.05) is 11.6 Å². The van der Waals surface area contributed by atoms with Crippen LogP contribution in [0.2, 0.25) is 0 Å². The highest BCUT2D eigenvalue weighted by molar-refractivity contribution is 7.98. The average molecular weight is 345 g/mol. The highest BCUT2D eigenvalue weighted by atomic mass is 32.2. The number of hydrogen-bond acceptors (Lipinski definition) is 5. The average Bonchev–Trinajstić information content (AvgIpc) is 2.45. The lowest BCUT2D eigenvalue weighted by Crippen LogP contribution is -2.15. The Hall–Kier alpha value is -2.54. The molecule has 1 heterocycles. The molecule has 0 unspecified atom stereocenters. The van der Waals surface area contributed by atoms with Crippen molar-refractivity contribution >= 4 is 11.8 Å². The van der Waals surface area contributed by atoms with Gasteiger partial charge >= 0.3 is 6.18 Å². The molecule has 5 nitrogen and oxygen atoms in total. The van der Waals surface area contributed by atoms with E-state index in [0.29, 0.717) is 6.07 Å². The Morgan fingerprint density at radius 2 is 2.04 bits per heavy atom. The summed E-state index contributed by atoms with van der Waals surface area (Å²) in [6.07, 6.45) is -3.47. The van der Waals surface area contributed by atoms with Gasteiger partial charge in [0.05, 0.1) is 5.56 Å². The zero-order valence-electron chi connectivity index (χ0n) is 11.3. The standard InChI is InChI=1S/C13H7F4N3O2S/c1-23-12-19-10(6(4-18)11(22)20-12)5-2-7(13(15,16)17)8(14)3-9(5)21/h2-3,21H,1H3,(H,19,20,22). The van der Waals surface area contributed by atoms with Crippen LogP contribution < -0.4 is 5.56 Å². The van der Waals surface area contributed by atoms with Gasteiger partial charge in [0.15, 0.2) is 5.16 Å². The van der Waals surface area contributed by atoms with E-state index in [9.17, 15) is 27.5 Å². The van der Waals surface area contributed by atoms with Gasteiger partial charge in [0.25, 0.3) is 5.56 Å². The van der Waals surface area contributed by atoms with Crippen molar-refractivity contribution in [2.45, 2.75) is 11.3 Å². The zero-order valence-corrected chi connectivity index (χ0v) is 12.1. The third-order valence-corrected chi connectivity index (χ3v) is 3.43. The highest BCUT2D eigenvalue weighted by Gasteiger charge is 2.35. The number of rotatable bonds is 2. The van der Waals surface area contributed by atoms with Crippen LogP contribution in [0.3, 0.4) is 0 Å². The summed E-state index contributed by atoms with van der Waals surface area (Å²) in [5.41, 5.74) is -4.11. The highest BCUT2D eigenvalue weighted by Crippen LogP contribution is 2.38. The van der Waals surface area contributed by atoms with Crippen molar-refractivity contribution in [1.29, 1.82) is 5.26 Å². The first-order valence-corrected chi connectivity index (χ1v) is 7.10. The maximum atomic E-state index is 13.4. The van der Waals surface area contributed by atoms with Gasteiger partial charge in [-0.2, -0.15) is 18.4 Å². The van der Waals surface area contributed by atoms with Crippen LogP contribution in [0.5, 0.6) is 5.75 Å². The van der Waals surface area contributed by atoms with Crippen LogP contribution in [0.25, 0.3) is 11.3 Å². The minimum absolute atomic E-state index is 0.0290. The molecule has 0 fully saturated rings. The second kappa shape index (κ2) is 5.92. The third-order valence-electron chi connectivity index (χ3n) is 2.85. The van der Waals surface area contributed by atoms with E-state index in [0.717, 1.165) is 11.8 Å². The molecule has 0 radical (unpaired) electrons. The van der Waals surface area contributed by atoms with Crippen LogP contribution in [0.1, 0.15) is 11.1 Å². The predicted octanol–water partition coefficient (Wildman–Crippen LogP) is 2.89. The first kappa shape index (κ1) is 16.8. The number of nitriles is 1. The molecule has 0 bridgehead atoms. The molecule has 2 aromatic rings. The summed E-state index contributed by atoms with van der Waals surface area (Å²) in [5.74, 6) is -2.54. The van der Waals surface area contributed by atoms with E-state index in [1.54, 1.807) is 6.26 Å². The second-order valence-electron chi connectivity index (χ2n) is 4.26. The van der Waals surface area contributed by atoms with Crippen molar-refractivity contribution in [1.82, 2.24) is 9.97 Å². The molecular formula is C13H7F4N3O2S. The number of phenolic OH excluding ortho intramolecular Hbond substituents is 1. The summed E-state index contributed by atoms with van der Waals surface area (Å²) in [6.45, 7) is 0. The Morgan fingerprint density at radius 3 is 2.57 bits per heavy atom. The van der Waals surface area contributed by atoms with E-state index in [1.165, 1.54) is 6.07 Å². The van der Waals surface area contributed by atoms with Gasteiger partial charge in [-0.15, -0.1) is 0 Å². The van der Waals surface area contributed by atoms with Gasteiger partial charge < -0.3 is 10.1 Å². The molecule has 2 rings (SSSR count). The minimum atomic E-state index is -5.01. The lowest BCUT2D eigenvalue weighted by molar-refractivity contribution is -0.139. The van der Waals surface area contributed by atoms with Crippen LogP contribution in [0.4, 0.5) is 17.6 Å². The van der Waals surface area contributed by atoms with E-state index in [-0.39, 0.29) is 11.2 Å². The Kier molecular flexibility index (Phi) is 4.33. The van der Waals surface area contributed by atoms with Crippen LogP contribution >= 0.6 is 11.8 Å². The number of halogens is 4.